The number of ether oxygens (including phenoxy) is 2. The Bertz CT molecular complexity index is 826. The van der Waals surface area contributed by atoms with E-state index < -0.39 is 5.69 Å². The van der Waals surface area contributed by atoms with Gasteiger partial charge in [0.1, 0.15) is 5.75 Å². The molecule has 1 aliphatic heterocycles. The van der Waals surface area contributed by atoms with Crippen LogP contribution in [0.15, 0.2) is 29.1 Å². The molecule has 1 atom stereocenters. The van der Waals surface area contributed by atoms with Crippen molar-refractivity contribution in [2.45, 2.75) is 38.8 Å². The Morgan fingerprint density at radius 1 is 1.46 bits per heavy atom. The van der Waals surface area contributed by atoms with Gasteiger partial charge in [-0.2, -0.15) is 5.10 Å². The maximum absolute atomic E-state index is 13.3. The summed E-state index contributed by atoms with van der Waals surface area (Å²) in [5.41, 5.74) is -0.0352. The van der Waals surface area contributed by atoms with Gasteiger partial charge in [0.2, 0.25) is 5.91 Å². The lowest BCUT2D eigenvalue weighted by molar-refractivity contribution is -0.132. The standard InChI is InChI=1S/C18H24N4O4/c1-18(2)10-12(7-8-26-18)16(23)22(11-15-19-17(24)21-20-15)13-5-4-6-14(9-13)25-3/h4-6,9,12H,7-8,10-11H2,1-3H3,(H2,19,20,21,24). The van der Waals surface area contributed by atoms with Gasteiger partial charge in [0.15, 0.2) is 5.82 Å². The van der Waals surface area contributed by atoms with Crippen molar-refractivity contribution in [3.05, 3.63) is 40.6 Å². The Hall–Kier alpha value is -2.61. The molecule has 2 aromatic rings. The molecule has 8 heteroatoms. The van der Waals surface area contributed by atoms with E-state index >= 15 is 0 Å². The molecule has 0 aliphatic carbocycles. The monoisotopic (exact) mass is 360 g/mol. The molecule has 0 spiro atoms. The quantitative estimate of drug-likeness (QED) is 0.847. The number of benzene rings is 1. The molecule has 1 aliphatic rings. The third-order valence-corrected chi connectivity index (χ3v) is 4.54. The van der Waals surface area contributed by atoms with Gasteiger partial charge >= 0.3 is 5.69 Å². The summed E-state index contributed by atoms with van der Waals surface area (Å²) in [7, 11) is 1.58. The van der Waals surface area contributed by atoms with Crippen LogP contribution in [0.2, 0.25) is 0 Å². The van der Waals surface area contributed by atoms with E-state index in [4.69, 9.17) is 9.47 Å². The average Bonchev–Trinajstić information content (AvgIpc) is 3.03. The van der Waals surface area contributed by atoms with Crippen LogP contribution in [-0.4, -0.2) is 40.4 Å². The number of nitrogens with one attached hydrogen (secondary N) is 2. The fourth-order valence-corrected chi connectivity index (χ4v) is 3.27. The molecule has 0 saturated carbocycles. The Balaban J connectivity index is 1.91. The molecular formula is C18H24N4O4. The van der Waals surface area contributed by atoms with Gasteiger partial charge in [-0.25, -0.2) is 9.89 Å². The zero-order chi connectivity index (χ0) is 18.7. The fraction of sp³-hybridized carbons (Fsp3) is 0.500. The summed E-state index contributed by atoms with van der Waals surface area (Å²) in [4.78, 5) is 28.9. The van der Waals surface area contributed by atoms with Crippen LogP contribution in [0.25, 0.3) is 0 Å². The van der Waals surface area contributed by atoms with Crippen molar-refractivity contribution in [3.8, 4) is 5.75 Å². The molecular weight excluding hydrogens is 336 g/mol. The maximum Gasteiger partial charge on any atom is 0.340 e. The van der Waals surface area contributed by atoms with Gasteiger partial charge in [-0.15, -0.1) is 0 Å². The van der Waals surface area contributed by atoms with E-state index in [9.17, 15) is 9.59 Å². The van der Waals surface area contributed by atoms with Crippen LogP contribution in [0.4, 0.5) is 5.69 Å². The van der Waals surface area contributed by atoms with Gasteiger partial charge in [0.25, 0.3) is 0 Å². The zero-order valence-corrected chi connectivity index (χ0v) is 15.2. The number of aromatic amines is 2. The maximum atomic E-state index is 13.3. The average molecular weight is 360 g/mol. The second-order valence-electron chi connectivity index (χ2n) is 7.05. The second kappa shape index (κ2) is 7.33. The fourth-order valence-electron chi connectivity index (χ4n) is 3.27. The number of aromatic nitrogens is 3. The Morgan fingerprint density at radius 2 is 2.27 bits per heavy atom. The van der Waals surface area contributed by atoms with Crippen molar-refractivity contribution in [1.29, 1.82) is 0 Å². The molecule has 2 heterocycles. The summed E-state index contributed by atoms with van der Waals surface area (Å²) >= 11 is 0. The summed E-state index contributed by atoms with van der Waals surface area (Å²) in [5.74, 6) is 0.884. The van der Waals surface area contributed by atoms with Crippen molar-refractivity contribution in [2.24, 2.45) is 5.92 Å². The summed E-state index contributed by atoms with van der Waals surface area (Å²) in [6, 6.07) is 7.29. The second-order valence-corrected chi connectivity index (χ2v) is 7.05. The number of methoxy groups -OCH3 is 1. The molecule has 2 N–H and O–H groups in total. The van der Waals surface area contributed by atoms with Crippen molar-refractivity contribution in [3.63, 3.8) is 0 Å². The van der Waals surface area contributed by atoms with E-state index in [1.807, 2.05) is 32.0 Å². The van der Waals surface area contributed by atoms with Crippen LogP contribution in [0.1, 0.15) is 32.5 Å². The van der Waals surface area contributed by atoms with Crippen molar-refractivity contribution >= 4 is 11.6 Å². The zero-order valence-electron chi connectivity index (χ0n) is 15.2. The Labute approximate surface area is 151 Å². The summed E-state index contributed by atoms with van der Waals surface area (Å²) in [5, 5.41) is 6.27. The molecule has 0 radical (unpaired) electrons. The Morgan fingerprint density at radius 3 is 2.92 bits per heavy atom. The van der Waals surface area contributed by atoms with Gasteiger partial charge in [0.05, 0.1) is 19.3 Å². The number of rotatable bonds is 5. The molecule has 8 nitrogen and oxygen atoms in total. The number of anilines is 1. The molecule has 1 amide bonds. The third kappa shape index (κ3) is 4.13. The molecule has 1 unspecified atom stereocenters. The lowest BCUT2D eigenvalue weighted by atomic mass is 9.87. The van der Waals surface area contributed by atoms with Crippen LogP contribution in [0.3, 0.4) is 0 Å². The van der Waals surface area contributed by atoms with Crippen LogP contribution >= 0.6 is 0 Å². The number of hydrogen-bond acceptors (Lipinski definition) is 5. The number of H-pyrrole nitrogens is 2. The van der Waals surface area contributed by atoms with E-state index in [-0.39, 0.29) is 24.0 Å². The molecule has 140 valence electrons. The highest BCUT2D eigenvalue weighted by Crippen LogP contribution is 2.32. The minimum Gasteiger partial charge on any atom is -0.497 e. The SMILES string of the molecule is COc1cccc(N(Cc2n[nH]c(=O)[nH]2)C(=O)C2CCOC(C)(C)C2)c1. The van der Waals surface area contributed by atoms with Crippen LogP contribution in [0, 0.1) is 5.92 Å². The van der Waals surface area contributed by atoms with Gasteiger partial charge in [-0.3, -0.25) is 9.78 Å². The highest BCUT2D eigenvalue weighted by molar-refractivity contribution is 5.95. The van der Waals surface area contributed by atoms with E-state index in [2.05, 4.69) is 15.2 Å². The number of carbonyl (C=O) groups is 1. The number of nitrogens with zero attached hydrogens (tertiary/aromatic N) is 2. The first kappa shape index (κ1) is 18.2. The first-order chi connectivity index (χ1) is 12.4. The molecule has 1 aromatic heterocycles. The van der Waals surface area contributed by atoms with Crippen LogP contribution in [0.5, 0.6) is 5.75 Å². The largest absolute Gasteiger partial charge is 0.497 e. The summed E-state index contributed by atoms with van der Waals surface area (Å²) in [6.45, 7) is 4.71. The van der Waals surface area contributed by atoms with Crippen molar-refractivity contribution < 1.29 is 14.3 Å². The predicted molar refractivity (Wildman–Crippen MR) is 96.1 cm³/mol. The lowest BCUT2D eigenvalue weighted by Crippen LogP contribution is -2.43. The number of hydrogen-bond donors (Lipinski definition) is 2. The van der Waals surface area contributed by atoms with Gasteiger partial charge in [0, 0.05) is 24.3 Å². The molecule has 1 saturated heterocycles. The van der Waals surface area contributed by atoms with Gasteiger partial charge < -0.3 is 14.4 Å². The normalized spacial score (nSPS) is 19.1. The Kier molecular flexibility index (Phi) is 5.13. The predicted octanol–water partition coefficient (Wildman–Crippen LogP) is 1.84. The first-order valence-corrected chi connectivity index (χ1v) is 8.61. The van der Waals surface area contributed by atoms with E-state index in [0.717, 1.165) is 0 Å². The smallest absolute Gasteiger partial charge is 0.340 e. The summed E-state index contributed by atoms with van der Waals surface area (Å²) in [6.07, 6.45) is 1.31. The van der Waals surface area contributed by atoms with E-state index in [1.54, 1.807) is 18.1 Å². The lowest BCUT2D eigenvalue weighted by Gasteiger charge is -2.37. The molecule has 0 bridgehead atoms. The minimum absolute atomic E-state index is 0.0153. The van der Waals surface area contributed by atoms with Crippen LogP contribution < -0.4 is 15.3 Å². The van der Waals surface area contributed by atoms with Crippen molar-refractivity contribution in [2.75, 3.05) is 18.6 Å². The van der Waals surface area contributed by atoms with E-state index in [0.29, 0.717) is 36.7 Å². The number of amides is 1. The van der Waals surface area contributed by atoms with Gasteiger partial charge in [-0.1, -0.05) is 6.07 Å². The molecule has 26 heavy (non-hydrogen) atoms. The molecule has 1 aromatic carbocycles. The van der Waals surface area contributed by atoms with Crippen LogP contribution in [-0.2, 0) is 16.1 Å². The highest BCUT2D eigenvalue weighted by atomic mass is 16.5. The number of carbonyl (C=O) groups excluding carboxylic acids is 1. The van der Waals surface area contributed by atoms with Crippen molar-refractivity contribution in [1.82, 2.24) is 15.2 Å². The first-order valence-electron chi connectivity index (χ1n) is 8.61. The minimum atomic E-state index is -0.398. The molecule has 3 rings (SSSR count). The van der Waals surface area contributed by atoms with E-state index in [1.165, 1.54) is 0 Å². The summed E-state index contributed by atoms with van der Waals surface area (Å²) < 4.78 is 11.0. The third-order valence-electron chi connectivity index (χ3n) is 4.54. The topological polar surface area (TPSA) is 100 Å². The highest BCUT2D eigenvalue weighted by Gasteiger charge is 2.35. The van der Waals surface area contributed by atoms with Gasteiger partial charge in [-0.05, 0) is 38.8 Å². The molecule has 1 fully saturated rings.